The molecule has 1 heterocycles. The highest BCUT2D eigenvalue weighted by Crippen LogP contribution is 2.23. The summed E-state index contributed by atoms with van der Waals surface area (Å²) in [5.74, 6) is 0. The van der Waals surface area contributed by atoms with Crippen molar-refractivity contribution in [1.82, 2.24) is 15.1 Å². The van der Waals surface area contributed by atoms with E-state index < -0.39 is 0 Å². The Morgan fingerprint density at radius 2 is 2.25 bits per heavy atom. The largest absolute Gasteiger partial charge is 0.302 e. The Morgan fingerprint density at radius 1 is 1.40 bits per heavy atom. The molecule has 20 heavy (non-hydrogen) atoms. The van der Waals surface area contributed by atoms with Crippen LogP contribution in [-0.2, 0) is 6.54 Å². The Labute approximate surface area is 120 Å². The van der Waals surface area contributed by atoms with Gasteiger partial charge >= 0.3 is 0 Å². The van der Waals surface area contributed by atoms with Crippen molar-refractivity contribution in [2.45, 2.75) is 26.3 Å². The number of nitrogens with zero attached hydrogens (tertiary/aromatic N) is 3. The van der Waals surface area contributed by atoms with E-state index in [0.717, 1.165) is 24.3 Å². The maximum Gasteiger partial charge on any atom is 0.0991 e. The first kappa shape index (κ1) is 14.3. The lowest BCUT2D eigenvalue weighted by Crippen LogP contribution is -2.19. The summed E-state index contributed by atoms with van der Waals surface area (Å²) in [6.45, 7) is 4.15. The summed E-state index contributed by atoms with van der Waals surface area (Å²) in [6, 6.07) is 9.78. The van der Waals surface area contributed by atoms with Crippen LogP contribution >= 0.6 is 0 Å². The van der Waals surface area contributed by atoms with E-state index >= 15 is 0 Å². The first-order chi connectivity index (χ1) is 9.74. The number of H-pyrrole nitrogens is 1. The van der Waals surface area contributed by atoms with E-state index in [-0.39, 0.29) is 0 Å². The molecule has 1 N–H and O–H groups in total. The van der Waals surface area contributed by atoms with Crippen molar-refractivity contribution in [3.63, 3.8) is 0 Å². The fourth-order valence-corrected chi connectivity index (χ4v) is 2.22. The van der Waals surface area contributed by atoms with Crippen LogP contribution in [0.15, 0.2) is 30.5 Å². The normalized spacial score (nSPS) is 10.7. The predicted octanol–water partition coefficient (Wildman–Crippen LogP) is 3.18. The molecule has 0 amide bonds. The third-order valence-corrected chi connectivity index (χ3v) is 3.33. The van der Waals surface area contributed by atoms with Gasteiger partial charge in [-0.05, 0) is 32.1 Å². The summed E-state index contributed by atoms with van der Waals surface area (Å²) >= 11 is 0. The molecule has 0 bridgehead atoms. The van der Waals surface area contributed by atoms with Gasteiger partial charge in [0.2, 0.25) is 0 Å². The van der Waals surface area contributed by atoms with Gasteiger partial charge in [-0.1, -0.05) is 25.5 Å². The number of nitriles is 1. The molecule has 0 aliphatic carbocycles. The Kier molecular flexibility index (Phi) is 4.91. The van der Waals surface area contributed by atoms with Crippen molar-refractivity contribution >= 4 is 0 Å². The molecule has 0 aliphatic rings. The van der Waals surface area contributed by atoms with E-state index in [1.165, 1.54) is 18.4 Å². The van der Waals surface area contributed by atoms with E-state index in [1.807, 2.05) is 30.5 Å². The summed E-state index contributed by atoms with van der Waals surface area (Å²) in [5, 5.41) is 16.2. The van der Waals surface area contributed by atoms with Gasteiger partial charge < -0.3 is 4.90 Å². The number of rotatable bonds is 6. The number of aromatic nitrogens is 2. The van der Waals surface area contributed by atoms with Gasteiger partial charge in [0, 0.05) is 17.7 Å². The zero-order chi connectivity index (χ0) is 14.4. The Bertz CT molecular complexity index is 595. The topological polar surface area (TPSA) is 55.7 Å². The molecule has 0 saturated carbocycles. The lowest BCUT2D eigenvalue weighted by molar-refractivity contribution is 0.321. The van der Waals surface area contributed by atoms with Crippen molar-refractivity contribution in [3.05, 3.63) is 41.6 Å². The van der Waals surface area contributed by atoms with Gasteiger partial charge in [0.1, 0.15) is 0 Å². The quantitative estimate of drug-likeness (QED) is 0.875. The lowest BCUT2D eigenvalue weighted by Gasteiger charge is -2.16. The summed E-state index contributed by atoms with van der Waals surface area (Å²) in [4.78, 5) is 2.30. The minimum absolute atomic E-state index is 0.669. The van der Waals surface area contributed by atoms with Crippen molar-refractivity contribution < 1.29 is 0 Å². The van der Waals surface area contributed by atoms with E-state index in [0.29, 0.717) is 5.56 Å². The Balaban J connectivity index is 2.18. The van der Waals surface area contributed by atoms with Crippen LogP contribution in [0.1, 0.15) is 30.9 Å². The molecule has 2 aromatic rings. The van der Waals surface area contributed by atoms with Crippen molar-refractivity contribution in [3.8, 4) is 17.3 Å². The van der Waals surface area contributed by atoms with Crippen LogP contribution in [0, 0.1) is 11.3 Å². The second-order valence-electron chi connectivity index (χ2n) is 5.05. The van der Waals surface area contributed by atoms with Gasteiger partial charge in [-0.3, -0.25) is 5.10 Å². The molecule has 1 aromatic heterocycles. The molecule has 0 aliphatic heterocycles. The SMILES string of the molecule is CCCCN(C)Cc1cn[nH]c1-c1cccc(C#N)c1. The summed E-state index contributed by atoms with van der Waals surface area (Å²) in [7, 11) is 2.12. The van der Waals surface area contributed by atoms with Crippen LogP contribution in [-0.4, -0.2) is 28.7 Å². The number of benzene rings is 1. The van der Waals surface area contributed by atoms with E-state index in [9.17, 15) is 0 Å². The number of hydrogen-bond donors (Lipinski definition) is 1. The van der Waals surface area contributed by atoms with Gasteiger partial charge in [0.25, 0.3) is 0 Å². The number of hydrogen-bond acceptors (Lipinski definition) is 3. The van der Waals surface area contributed by atoms with E-state index in [4.69, 9.17) is 5.26 Å². The fraction of sp³-hybridized carbons (Fsp3) is 0.375. The highest BCUT2D eigenvalue weighted by atomic mass is 15.1. The van der Waals surface area contributed by atoms with Crippen LogP contribution < -0.4 is 0 Å². The first-order valence-electron chi connectivity index (χ1n) is 6.96. The maximum absolute atomic E-state index is 8.99. The first-order valence-corrected chi connectivity index (χ1v) is 6.96. The highest BCUT2D eigenvalue weighted by molar-refractivity contribution is 5.64. The second kappa shape index (κ2) is 6.88. The van der Waals surface area contributed by atoms with Gasteiger partial charge in [0.05, 0.1) is 23.5 Å². The second-order valence-corrected chi connectivity index (χ2v) is 5.05. The van der Waals surface area contributed by atoms with E-state index in [1.54, 1.807) is 0 Å². The summed E-state index contributed by atoms with van der Waals surface area (Å²) in [5.41, 5.74) is 3.85. The van der Waals surface area contributed by atoms with E-state index in [2.05, 4.69) is 35.1 Å². The molecular weight excluding hydrogens is 248 g/mol. The van der Waals surface area contributed by atoms with Crippen LogP contribution in [0.5, 0.6) is 0 Å². The van der Waals surface area contributed by atoms with Gasteiger partial charge in [0.15, 0.2) is 0 Å². The predicted molar refractivity (Wildman–Crippen MR) is 80.0 cm³/mol. The molecule has 1 aromatic carbocycles. The minimum Gasteiger partial charge on any atom is -0.302 e. The lowest BCUT2D eigenvalue weighted by atomic mass is 10.1. The van der Waals surface area contributed by atoms with Crippen LogP contribution in [0.4, 0.5) is 0 Å². The van der Waals surface area contributed by atoms with Crippen molar-refractivity contribution in [2.24, 2.45) is 0 Å². The standard InChI is InChI=1S/C16H20N4/c1-3-4-8-20(2)12-15-11-18-19-16(15)14-7-5-6-13(9-14)10-17/h5-7,9,11H,3-4,8,12H2,1-2H3,(H,18,19). The number of nitrogens with one attached hydrogen (secondary N) is 1. The Hall–Kier alpha value is -2.12. The van der Waals surface area contributed by atoms with Gasteiger partial charge in [-0.2, -0.15) is 10.4 Å². The molecule has 0 atom stereocenters. The van der Waals surface area contributed by atoms with Gasteiger partial charge in [-0.15, -0.1) is 0 Å². The molecule has 104 valence electrons. The molecule has 2 rings (SSSR count). The molecule has 4 nitrogen and oxygen atoms in total. The molecule has 0 radical (unpaired) electrons. The van der Waals surface area contributed by atoms with Crippen LogP contribution in [0.3, 0.4) is 0 Å². The highest BCUT2D eigenvalue weighted by Gasteiger charge is 2.10. The zero-order valence-electron chi connectivity index (χ0n) is 12.1. The molecule has 0 unspecified atom stereocenters. The molecular formula is C16H20N4. The molecule has 0 saturated heterocycles. The Morgan fingerprint density at radius 3 is 3.00 bits per heavy atom. The summed E-state index contributed by atoms with van der Waals surface area (Å²) in [6.07, 6.45) is 4.28. The average Bonchev–Trinajstić information content (AvgIpc) is 2.93. The fourth-order valence-electron chi connectivity index (χ4n) is 2.22. The summed E-state index contributed by atoms with van der Waals surface area (Å²) < 4.78 is 0. The third kappa shape index (κ3) is 3.46. The van der Waals surface area contributed by atoms with Gasteiger partial charge in [-0.25, -0.2) is 0 Å². The van der Waals surface area contributed by atoms with Crippen molar-refractivity contribution in [1.29, 1.82) is 5.26 Å². The third-order valence-electron chi connectivity index (χ3n) is 3.33. The maximum atomic E-state index is 8.99. The number of aromatic amines is 1. The number of unbranched alkanes of at least 4 members (excludes halogenated alkanes) is 1. The smallest absolute Gasteiger partial charge is 0.0991 e. The van der Waals surface area contributed by atoms with Crippen LogP contribution in [0.25, 0.3) is 11.3 Å². The molecule has 4 heteroatoms. The molecule has 0 fully saturated rings. The monoisotopic (exact) mass is 268 g/mol. The van der Waals surface area contributed by atoms with Crippen LogP contribution in [0.2, 0.25) is 0 Å². The minimum atomic E-state index is 0.669. The zero-order valence-corrected chi connectivity index (χ0v) is 12.1. The van der Waals surface area contributed by atoms with Crippen molar-refractivity contribution in [2.75, 3.05) is 13.6 Å². The average molecular weight is 268 g/mol. The molecule has 0 spiro atoms.